The molecule has 1 aromatic carbocycles. The predicted octanol–water partition coefficient (Wildman–Crippen LogP) is 2.70. The maximum Gasteiger partial charge on any atom is 0.283 e. The third-order valence-electron chi connectivity index (χ3n) is 4.37. The fourth-order valence-electron chi connectivity index (χ4n) is 2.80. The van der Waals surface area contributed by atoms with E-state index < -0.39 is 0 Å². The molecule has 0 spiro atoms. The molecule has 0 bridgehead atoms. The summed E-state index contributed by atoms with van der Waals surface area (Å²) >= 11 is 1.13. The summed E-state index contributed by atoms with van der Waals surface area (Å²) in [6.07, 6.45) is 2.11. The minimum atomic E-state index is -0.359. The van der Waals surface area contributed by atoms with Crippen LogP contribution in [-0.4, -0.2) is 54.2 Å². The van der Waals surface area contributed by atoms with Crippen molar-refractivity contribution in [1.29, 1.82) is 0 Å². The monoisotopic (exact) mass is 447 g/mol. The fourth-order valence-corrected chi connectivity index (χ4v) is 3.61. The number of anilines is 1. The zero-order valence-corrected chi connectivity index (χ0v) is 19.1. The zero-order valence-electron chi connectivity index (χ0n) is 18.3. The smallest absolute Gasteiger partial charge is 0.283 e. The number of nitrogens with one attached hydrogen (secondary N) is 1. The number of nitrogen functional groups attached to an aromatic ring is 1. The molecule has 0 unspecified atom stereocenters. The average Bonchev–Trinajstić information content (AvgIpc) is 3.15. The lowest BCUT2D eigenvalue weighted by Gasteiger charge is -2.19. The van der Waals surface area contributed by atoms with E-state index in [9.17, 15) is 9.59 Å². The minimum Gasteiger partial charge on any atom is -0.490 e. The number of hydrogen-bond donors (Lipinski definition) is 2. The highest BCUT2D eigenvalue weighted by Gasteiger charge is 2.16. The summed E-state index contributed by atoms with van der Waals surface area (Å²) in [6, 6.07) is 5.21. The van der Waals surface area contributed by atoms with Crippen molar-refractivity contribution in [3.05, 3.63) is 34.3 Å². The van der Waals surface area contributed by atoms with Gasteiger partial charge < -0.3 is 20.1 Å². The Morgan fingerprint density at radius 3 is 2.58 bits per heavy atom. The lowest BCUT2D eigenvalue weighted by atomic mass is 10.2. The molecule has 2 aromatic rings. The molecular weight excluding hydrogens is 418 g/mol. The van der Waals surface area contributed by atoms with Gasteiger partial charge in [-0.3, -0.25) is 9.59 Å². The molecule has 0 aliphatic heterocycles. The lowest BCUT2D eigenvalue weighted by Crippen LogP contribution is -2.34. The van der Waals surface area contributed by atoms with Crippen LogP contribution in [0, 0.1) is 0 Å². The molecule has 0 fully saturated rings. The minimum absolute atomic E-state index is 0.0665. The van der Waals surface area contributed by atoms with Gasteiger partial charge in [-0.15, -0.1) is 0 Å². The summed E-state index contributed by atoms with van der Waals surface area (Å²) in [5, 5.41) is 4.36. The molecule has 9 nitrogen and oxygen atoms in total. The van der Waals surface area contributed by atoms with Crippen molar-refractivity contribution in [2.75, 3.05) is 32.0 Å². The van der Waals surface area contributed by atoms with Crippen molar-refractivity contribution < 1.29 is 19.1 Å². The summed E-state index contributed by atoms with van der Waals surface area (Å²) in [6.45, 7) is 9.24. The number of aromatic nitrogens is 1. The SMILES string of the molecule is CCOc1cc(/C=N\NC(=O)c2sc(N)nc2CC)ccc1OCC(=O)N(CC)CC. The summed E-state index contributed by atoms with van der Waals surface area (Å²) in [5.41, 5.74) is 9.52. The average molecular weight is 448 g/mol. The van der Waals surface area contributed by atoms with Gasteiger partial charge in [0, 0.05) is 13.1 Å². The summed E-state index contributed by atoms with van der Waals surface area (Å²) in [7, 11) is 0. The summed E-state index contributed by atoms with van der Waals surface area (Å²) in [5.74, 6) is 0.517. The third-order valence-corrected chi connectivity index (χ3v) is 5.30. The molecule has 1 heterocycles. The van der Waals surface area contributed by atoms with Crippen LogP contribution in [0.4, 0.5) is 5.13 Å². The number of hydrogen-bond acceptors (Lipinski definition) is 8. The molecule has 0 saturated carbocycles. The molecule has 0 atom stereocenters. The van der Waals surface area contributed by atoms with Gasteiger partial charge in [0.25, 0.3) is 11.8 Å². The van der Waals surface area contributed by atoms with E-state index in [4.69, 9.17) is 15.2 Å². The molecule has 3 N–H and O–H groups in total. The molecule has 2 rings (SSSR count). The van der Waals surface area contributed by atoms with Crippen LogP contribution in [0.2, 0.25) is 0 Å². The van der Waals surface area contributed by atoms with E-state index in [0.29, 0.717) is 58.9 Å². The number of rotatable bonds is 11. The summed E-state index contributed by atoms with van der Waals surface area (Å²) in [4.78, 5) is 30.8. The van der Waals surface area contributed by atoms with Gasteiger partial charge in [-0.05, 0) is 51.0 Å². The number of ether oxygens (including phenoxy) is 2. The van der Waals surface area contributed by atoms with Gasteiger partial charge in [-0.2, -0.15) is 5.10 Å². The quantitative estimate of drug-likeness (QED) is 0.404. The zero-order chi connectivity index (χ0) is 22.8. The second-order valence-corrected chi connectivity index (χ2v) is 7.41. The van der Waals surface area contributed by atoms with E-state index in [2.05, 4.69) is 15.5 Å². The van der Waals surface area contributed by atoms with Gasteiger partial charge in [0.05, 0.1) is 18.5 Å². The Kier molecular flexibility index (Phi) is 9.26. The van der Waals surface area contributed by atoms with E-state index in [-0.39, 0.29) is 18.4 Å². The molecule has 31 heavy (non-hydrogen) atoms. The fraction of sp³-hybridized carbons (Fsp3) is 0.429. The molecule has 0 saturated heterocycles. The van der Waals surface area contributed by atoms with E-state index >= 15 is 0 Å². The van der Waals surface area contributed by atoms with E-state index in [1.54, 1.807) is 23.1 Å². The van der Waals surface area contributed by atoms with Crippen LogP contribution < -0.4 is 20.6 Å². The predicted molar refractivity (Wildman–Crippen MR) is 122 cm³/mol. The number of nitrogens with two attached hydrogens (primary N) is 1. The Morgan fingerprint density at radius 1 is 1.19 bits per heavy atom. The van der Waals surface area contributed by atoms with Gasteiger partial charge in [0.2, 0.25) is 0 Å². The van der Waals surface area contributed by atoms with Gasteiger partial charge in [0.1, 0.15) is 4.88 Å². The Balaban J connectivity index is 2.05. The highest BCUT2D eigenvalue weighted by Crippen LogP contribution is 2.28. The maximum atomic E-state index is 12.3. The highest BCUT2D eigenvalue weighted by molar-refractivity contribution is 7.17. The van der Waals surface area contributed by atoms with Crippen LogP contribution in [-0.2, 0) is 11.2 Å². The van der Waals surface area contributed by atoms with Crippen molar-refractivity contribution in [3.8, 4) is 11.5 Å². The highest BCUT2D eigenvalue weighted by atomic mass is 32.1. The van der Waals surface area contributed by atoms with Crippen LogP contribution in [0.3, 0.4) is 0 Å². The topological polar surface area (TPSA) is 119 Å². The van der Waals surface area contributed by atoms with Crippen LogP contribution in [0.25, 0.3) is 0 Å². The largest absolute Gasteiger partial charge is 0.490 e. The van der Waals surface area contributed by atoms with Gasteiger partial charge in [-0.25, -0.2) is 10.4 Å². The van der Waals surface area contributed by atoms with Crippen molar-refractivity contribution >= 4 is 34.5 Å². The standard InChI is InChI=1S/C21H29N5O4S/c1-5-15-19(31-21(22)24-15)20(28)25-23-12-14-9-10-16(17(11-14)29-8-4)30-13-18(27)26(6-2)7-3/h9-12H,5-8,13H2,1-4H3,(H2,22,24)(H,25,28)/b23-12-. The number of carbonyl (C=O) groups excluding carboxylic acids is 2. The third kappa shape index (κ3) is 6.68. The number of thiazole rings is 1. The van der Waals surface area contributed by atoms with Crippen molar-refractivity contribution in [2.45, 2.75) is 34.1 Å². The summed E-state index contributed by atoms with van der Waals surface area (Å²) < 4.78 is 11.3. The van der Waals surface area contributed by atoms with E-state index in [1.165, 1.54) is 6.21 Å². The lowest BCUT2D eigenvalue weighted by molar-refractivity contribution is -0.133. The number of hydrazone groups is 1. The van der Waals surface area contributed by atoms with Crippen molar-refractivity contribution in [2.24, 2.45) is 5.10 Å². The maximum absolute atomic E-state index is 12.3. The van der Waals surface area contributed by atoms with Gasteiger partial charge in [-0.1, -0.05) is 18.3 Å². The molecule has 0 radical (unpaired) electrons. The first-order chi connectivity index (χ1) is 14.9. The number of nitrogens with zero attached hydrogens (tertiary/aromatic N) is 3. The first-order valence-electron chi connectivity index (χ1n) is 10.2. The second kappa shape index (κ2) is 11.9. The first kappa shape index (κ1) is 24.1. The Hall–Kier alpha value is -3.14. The normalized spacial score (nSPS) is 10.8. The number of likely N-dealkylation sites (N-methyl/N-ethyl adjacent to an activating group) is 1. The number of aryl methyl sites for hydroxylation is 1. The van der Waals surface area contributed by atoms with Gasteiger partial charge in [0.15, 0.2) is 23.2 Å². The van der Waals surface area contributed by atoms with Crippen LogP contribution in [0.15, 0.2) is 23.3 Å². The van der Waals surface area contributed by atoms with Crippen LogP contribution >= 0.6 is 11.3 Å². The Morgan fingerprint density at radius 2 is 1.94 bits per heavy atom. The molecule has 1 aromatic heterocycles. The molecule has 2 amide bonds. The van der Waals surface area contributed by atoms with Crippen LogP contribution in [0.5, 0.6) is 11.5 Å². The molecule has 168 valence electrons. The van der Waals surface area contributed by atoms with Crippen LogP contribution in [0.1, 0.15) is 48.6 Å². The number of carbonyl (C=O) groups is 2. The van der Waals surface area contributed by atoms with Gasteiger partial charge >= 0.3 is 0 Å². The van der Waals surface area contributed by atoms with E-state index in [0.717, 1.165) is 11.3 Å². The molecule has 10 heteroatoms. The number of benzene rings is 1. The van der Waals surface area contributed by atoms with Crippen molar-refractivity contribution in [1.82, 2.24) is 15.3 Å². The molecular formula is C21H29N5O4S. The first-order valence-corrected chi connectivity index (χ1v) is 11.0. The second-order valence-electron chi connectivity index (χ2n) is 6.37. The Bertz CT molecular complexity index is 924. The molecule has 0 aliphatic rings. The van der Waals surface area contributed by atoms with Crippen molar-refractivity contribution in [3.63, 3.8) is 0 Å². The Labute approximate surface area is 186 Å². The van der Waals surface area contributed by atoms with E-state index in [1.807, 2.05) is 27.7 Å². The molecule has 0 aliphatic carbocycles. The number of amides is 2.